The van der Waals surface area contributed by atoms with Crippen molar-refractivity contribution >= 4 is 11.9 Å². The van der Waals surface area contributed by atoms with Crippen LogP contribution in [0.1, 0.15) is 27.2 Å². The van der Waals surface area contributed by atoms with Crippen molar-refractivity contribution in [1.29, 1.82) is 0 Å². The van der Waals surface area contributed by atoms with E-state index < -0.39 is 12.0 Å². The van der Waals surface area contributed by atoms with E-state index >= 15 is 0 Å². The molecular weight excluding hydrogens is 208 g/mol. The standard InChI is InChI=1S/C11H20N2O3/c1-5-13-10(16)8(6-9(14)15)12(4)7-11(13,2)3/h8H,5-7H2,1-4H3,(H,14,15). The number of likely N-dealkylation sites (N-methyl/N-ethyl adjacent to an activating group) is 2. The highest BCUT2D eigenvalue weighted by molar-refractivity contribution is 5.87. The van der Waals surface area contributed by atoms with Gasteiger partial charge in [0.15, 0.2) is 0 Å². The highest BCUT2D eigenvalue weighted by Gasteiger charge is 2.42. The molecule has 0 aromatic heterocycles. The van der Waals surface area contributed by atoms with Gasteiger partial charge < -0.3 is 10.0 Å². The number of aliphatic carboxylic acids is 1. The van der Waals surface area contributed by atoms with Gasteiger partial charge in [0, 0.05) is 18.6 Å². The minimum absolute atomic E-state index is 0.0800. The average Bonchev–Trinajstić information content (AvgIpc) is 2.11. The van der Waals surface area contributed by atoms with Gasteiger partial charge in [0.1, 0.15) is 0 Å². The van der Waals surface area contributed by atoms with E-state index in [4.69, 9.17) is 5.11 Å². The summed E-state index contributed by atoms with van der Waals surface area (Å²) < 4.78 is 0. The third-order valence-electron chi connectivity index (χ3n) is 3.13. The Labute approximate surface area is 96.0 Å². The summed E-state index contributed by atoms with van der Waals surface area (Å²) in [7, 11) is 1.81. The fourth-order valence-electron chi connectivity index (χ4n) is 2.47. The van der Waals surface area contributed by atoms with Crippen molar-refractivity contribution in [2.24, 2.45) is 0 Å². The number of carbonyl (C=O) groups is 2. The van der Waals surface area contributed by atoms with E-state index in [-0.39, 0.29) is 17.9 Å². The van der Waals surface area contributed by atoms with Crippen molar-refractivity contribution in [3.05, 3.63) is 0 Å². The average molecular weight is 228 g/mol. The first-order valence-electron chi connectivity index (χ1n) is 5.53. The molecule has 1 unspecified atom stereocenters. The van der Waals surface area contributed by atoms with Gasteiger partial charge in [-0.05, 0) is 27.8 Å². The lowest BCUT2D eigenvalue weighted by Crippen LogP contribution is -2.65. The SMILES string of the molecule is CCN1C(=O)C(CC(=O)O)N(C)CC1(C)C. The number of rotatable bonds is 3. The van der Waals surface area contributed by atoms with Crippen LogP contribution in [-0.4, -0.2) is 58.5 Å². The molecule has 1 rings (SSSR count). The van der Waals surface area contributed by atoms with Crippen molar-refractivity contribution < 1.29 is 14.7 Å². The van der Waals surface area contributed by atoms with Crippen molar-refractivity contribution in [2.45, 2.75) is 38.8 Å². The van der Waals surface area contributed by atoms with Gasteiger partial charge in [-0.3, -0.25) is 14.5 Å². The first kappa shape index (κ1) is 13.0. The van der Waals surface area contributed by atoms with Gasteiger partial charge in [0.2, 0.25) is 5.91 Å². The van der Waals surface area contributed by atoms with E-state index in [0.717, 1.165) is 0 Å². The second-order valence-corrected chi connectivity index (χ2v) is 4.92. The summed E-state index contributed by atoms with van der Waals surface area (Å²) in [6.07, 6.45) is -0.123. The Bertz CT molecular complexity index is 302. The van der Waals surface area contributed by atoms with E-state index in [1.807, 2.05) is 25.7 Å². The lowest BCUT2D eigenvalue weighted by atomic mass is 9.94. The molecule has 0 aromatic carbocycles. The molecule has 0 aromatic rings. The zero-order valence-electron chi connectivity index (χ0n) is 10.4. The molecule has 1 N–H and O–H groups in total. The molecule has 92 valence electrons. The van der Waals surface area contributed by atoms with Gasteiger partial charge in [-0.1, -0.05) is 0 Å². The van der Waals surface area contributed by atoms with Crippen LogP contribution < -0.4 is 0 Å². The molecule has 0 aliphatic carbocycles. The molecule has 1 heterocycles. The normalized spacial score (nSPS) is 25.9. The van der Waals surface area contributed by atoms with Gasteiger partial charge in [0.25, 0.3) is 0 Å². The number of hydrogen-bond donors (Lipinski definition) is 1. The number of hydrogen-bond acceptors (Lipinski definition) is 3. The predicted octanol–water partition coefficient (Wildman–Crippen LogP) is 0.402. The van der Waals surface area contributed by atoms with E-state index in [0.29, 0.717) is 13.1 Å². The number of carbonyl (C=O) groups excluding carboxylic acids is 1. The summed E-state index contributed by atoms with van der Waals surface area (Å²) in [6.45, 7) is 7.24. The van der Waals surface area contributed by atoms with Gasteiger partial charge in [0.05, 0.1) is 12.5 Å². The molecule has 0 spiro atoms. The van der Waals surface area contributed by atoms with Crippen LogP contribution >= 0.6 is 0 Å². The first-order chi connectivity index (χ1) is 7.29. The molecule has 1 amide bonds. The largest absolute Gasteiger partial charge is 0.481 e. The van der Waals surface area contributed by atoms with Crippen LogP contribution in [0.3, 0.4) is 0 Å². The number of piperazine rings is 1. The molecule has 1 atom stereocenters. The zero-order chi connectivity index (χ0) is 12.5. The van der Waals surface area contributed by atoms with Crippen LogP contribution in [0.5, 0.6) is 0 Å². The Morgan fingerprint density at radius 3 is 2.56 bits per heavy atom. The zero-order valence-corrected chi connectivity index (χ0v) is 10.4. The summed E-state index contributed by atoms with van der Waals surface area (Å²) in [5.41, 5.74) is -0.227. The molecule has 0 saturated carbocycles. The molecule has 5 nitrogen and oxygen atoms in total. The summed E-state index contributed by atoms with van der Waals surface area (Å²) >= 11 is 0. The van der Waals surface area contributed by atoms with Gasteiger partial charge in [-0.2, -0.15) is 0 Å². The molecule has 0 radical (unpaired) electrons. The van der Waals surface area contributed by atoms with Gasteiger partial charge >= 0.3 is 5.97 Å². The Kier molecular flexibility index (Phi) is 3.57. The maximum Gasteiger partial charge on any atom is 0.305 e. The fourth-order valence-corrected chi connectivity index (χ4v) is 2.47. The van der Waals surface area contributed by atoms with Crippen LogP contribution in [0.4, 0.5) is 0 Å². The van der Waals surface area contributed by atoms with Crippen LogP contribution in [-0.2, 0) is 9.59 Å². The molecule has 1 fully saturated rings. The minimum Gasteiger partial charge on any atom is -0.481 e. The predicted molar refractivity (Wildman–Crippen MR) is 60.1 cm³/mol. The quantitative estimate of drug-likeness (QED) is 0.759. The highest BCUT2D eigenvalue weighted by atomic mass is 16.4. The third kappa shape index (κ3) is 2.35. The Morgan fingerprint density at radius 1 is 1.56 bits per heavy atom. The Morgan fingerprint density at radius 2 is 2.12 bits per heavy atom. The van der Waals surface area contributed by atoms with E-state index in [9.17, 15) is 9.59 Å². The fraction of sp³-hybridized carbons (Fsp3) is 0.818. The molecule has 1 saturated heterocycles. The van der Waals surface area contributed by atoms with Crippen LogP contribution in [0, 0.1) is 0 Å². The number of amides is 1. The van der Waals surface area contributed by atoms with Crippen LogP contribution in [0.15, 0.2) is 0 Å². The van der Waals surface area contributed by atoms with Crippen molar-refractivity contribution in [1.82, 2.24) is 9.80 Å². The molecular formula is C11H20N2O3. The summed E-state index contributed by atoms with van der Waals surface area (Å²) in [4.78, 5) is 26.5. The summed E-state index contributed by atoms with van der Waals surface area (Å²) in [6, 6.07) is -0.523. The van der Waals surface area contributed by atoms with Gasteiger partial charge in [-0.15, -0.1) is 0 Å². The maximum absolute atomic E-state index is 12.1. The monoisotopic (exact) mass is 228 g/mol. The summed E-state index contributed by atoms with van der Waals surface area (Å²) in [5, 5.41) is 8.79. The minimum atomic E-state index is -0.930. The van der Waals surface area contributed by atoms with Crippen molar-refractivity contribution in [3.8, 4) is 0 Å². The Balaban J connectivity index is 2.90. The first-order valence-corrected chi connectivity index (χ1v) is 5.53. The van der Waals surface area contributed by atoms with E-state index in [1.54, 1.807) is 11.9 Å². The smallest absolute Gasteiger partial charge is 0.305 e. The van der Waals surface area contributed by atoms with Crippen LogP contribution in [0.25, 0.3) is 0 Å². The van der Waals surface area contributed by atoms with Crippen molar-refractivity contribution in [2.75, 3.05) is 20.1 Å². The maximum atomic E-state index is 12.1. The van der Waals surface area contributed by atoms with Crippen molar-refractivity contribution in [3.63, 3.8) is 0 Å². The van der Waals surface area contributed by atoms with E-state index in [1.165, 1.54) is 0 Å². The lowest BCUT2D eigenvalue weighted by Gasteiger charge is -2.48. The highest BCUT2D eigenvalue weighted by Crippen LogP contribution is 2.25. The number of nitrogens with zero attached hydrogens (tertiary/aromatic N) is 2. The molecule has 16 heavy (non-hydrogen) atoms. The van der Waals surface area contributed by atoms with Gasteiger partial charge in [-0.25, -0.2) is 0 Å². The van der Waals surface area contributed by atoms with E-state index in [2.05, 4.69) is 0 Å². The Hall–Kier alpha value is -1.10. The number of carboxylic acids is 1. The molecule has 0 bridgehead atoms. The molecule has 1 aliphatic rings. The second-order valence-electron chi connectivity index (χ2n) is 4.92. The molecule has 1 aliphatic heterocycles. The summed E-state index contributed by atoms with van der Waals surface area (Å²) in [5.74, 6) is -1.01. The number of carboxylic acid groups (broad SMARTS) is 1. The topological polar surface area (TPSA) is 60.9 Å². The third-order valence-corrected chi connectivity index (χ3v) is 3.13. The van der Waals surface area contributed by atoms with Crippen LogP contribution in [0.2, 0.25) is 0 Å². The lowest BCUT2D eigenvalue weighted by molar-refractivity contribution is -0.155. The second kappa shape index (κ2) is 4.41. The molecule has 5 heteroatoms.